The van der Waals surface area contributed by atoms with Crippen molar-refractivity contribution >= 4 is 5.91 Å². The smallest absolute Gasteiger partial charge is 0.260 e. The van der Waals surface area contributed by atoms with E-state index in [9.17, 15) is 22.4 Å². The van der Waals surface area contributed by atoms with E-state index in [4.69, 9.17) is 4.52 Å². The molecule has 0 N–H and O–H groups in total. The highest BCUT2D eigenvalue weighted by atomic mass is 19.1. The maximum Gasteiger partial charge on any atom is 0.260 e. The van der Waals surface area contributed by atoms with Crippen LogP contribution in [-0.4, -0.2) is 34.0 Å². The molecule has 0 radical (unpaired) electrons. The van der Waals surface area contributed by atoms with E-state index in [0.717, 1.165) is 24.3 Å². The predicted molar refractivity (Wildman–Crippen MR) is 93.9 cm³/mol. The largest absolute Gasteiger partial charge is 0.338 e. The average molecular weight is 405 g/mol. The summed E-state index contributed by atoms with van der Waals surface area (Å²) >= 11 is 0. The molecule has 3 aromatic rings. The fourth-order valence-corrected chi connectivity index (χ4v) is 3.38. The van der Waals surface area contributed by atoms with Gasteiger partial charge in [-0.1, -0.05) is 5.16 Å². The van der Waals surface area contributed by atoms with Gasteiger partial charge in [-0.25, -0.2) is 17.6 Å². The second-order valence-corrected chi connectivity index (χ2v) is 6.80. The lowest BCUT2D eigenvalue weighted by atomic mass is 9.96. The first-order chi connectivity index (χ1) is 13.9. The second kappa shape index (κ2) is 7.65. The van der Waals surface area contributed by atoms with E-state index in [1.54, 1.807) is 0 Å². The summed E-state index contributed by atoms with van der Waals surface area (Å²) in [6.45, 7) is 0.615. The number of carbonyl (C=O) groups is 1. The van der Waals surface area contributed by atoms with Crippen LogP contribution in [0.2, 0.25) is 0 Å². The first-order valence-electron chi connectivity index (χ1n) is 8.95. The molecule has 0 aliphatic carbocycles. The zero-order valence-electron chi connectivity index (χ0n) is 15.0. The van der Waals surface area contributed by atoms with Crippen LogP contribution in [0.4, 0.5) is 17.6 Å². The van der Waals surface area contributed by atoms with Crippen molar-refractivity contribution in [3.8, 4) is 11.5 Å². The van der Waals surface area contributed by atoms with Crippen molar-refractivity contribution in [2.45, 2.75) is 18.8 Å². The summed E-state index contributed by atoms with van der Waals surface area (Å²) in [4.78, 5) is 18.3. The molecule has 1 atom stereocenters. The molecule has 1 aliphatic rings. The molecule has 1 aromatic heterocycles. The molecule has 29 heavy (non-hydrogen) atoms. The summed E-state index contributed by atoms with van der Waals surface area (Å²) in [7, 11) is 0. The SMILES string of the molecule is O=C(c1ccc(F)cc1F)N1CCCC(c2noc(-c3ccc(F)cc3F)n2)C1. The highest BCUT2D eigenvalue weighted by Gasteiger charge is 2.30. The number of benzene rings is 2. The van der Waals surface area contributed by atoms with Crippen molar-refractivity contribution in [1.29, 1.82) is 0 Å². The third kappa shape index (κ3) is 3.85. The normalized spacial score (nSPS) is 16.8. The fraction of sp³-hybridized carbons (Fsp3) is 0.250. The van der Waals surface area contributed by atoms with Crippen LogP contribution in [0.15, 0.2) is 40.9 Å². The van der Waals surface area contributed by atoms with Crippen LogP contribution in [0, 0.1) is 23.3 Å². The lowest BCUT2D eigenvalue weighted by Crippen LogP contribution is -2.39. The van der Waals surface area contributed by atoms with Crippen molar-refractivity contribution in [3.63, 3.8) is 0 Å². The summed E-state index contributed by atoms with van der Waals surface area (Å²) < 4.78 is 59.1. The predicted octanol–water partition coefficient (Wildman–Crippen LogP) is 4.31. The molecule has 9 heteroatoms. The number of carbonyl (C=O) groups excluding carboxylic acids is 1. The fourth-order valence-electron chi connectivity index (χ4n) is 3.38. The number of piperidine rings is 1. The minimum atomic E-state index is -0.925. The second-order valence-electron chi connectivity index (χ2n) is 6.80. The Kier molecular flexibility index (Phi) is 5.04. The van der Waals surface area contributed by atoms with Crippen molar-refractivity contribution in [2.24, 2.45) is 0 Å². The summed E-state index contributed by atoms with van der Waals surface area (Å²) in [6.07, 6.45) is 1.27. The van der Waals surface area contributed by atoms with Gasteiger partial charge >= 0.3 is 0 Å². The van der Waals surface area contributed by atoms with E-state index in [0.29, 0.717) is 25.5 Å². The Bertz CT molecular complexity index is 1070. The third-order valence-corrected chi connectivity index (χ3v) is 4.84. The van der Waals surface area contributed by atoms with Gasteiger partial charge in [-0.05, 0) is 37.1 Å². The van der Waals surface area contributed by atoms with Crippen molar-refractivity contribution in [1.82, 2.24) is 15.0 Å². The number of hydrogen-bond acceptors (Lipinski definition) is 4. The minimum Gasteiger partial charge on any atom is -0.338 e. The number of likely N-dealkylation sites (tertiary alicyclic amines) is 1. The molecule has 2 aromatic carbocycles. The third-order valence-electron chi connectivity index (χ3n) is 4.84. The Morgan fingerprint density at radius 2 is 1.76 bits per heavy atom. The van der Waals surface area contributed by atoms with Crippen molar-refractivity contribution in [3.05, 3.63) is 71.1 Å². The highest BCUT2D eigenvalue weighted by Crippen LogP contribution is 2.29. The monoisotopic (exact) mass is 405 g/mol. The van der Waals surface area contributed by atoms with Gasteiger partial charge in [0.1, 0.15) is 23.3 Å². The first kappa shape index (κ1) is 19.1. The van der Waals surface area contributed by atoms with E-state index < -0.39 is 29.2 Å². The van der Waals surface area contributed by atoms with Crippen molar-refractivity contribution in [2.75, 3.05) is 13.1 Å². The van der Waals surface area contributed by atoms with Crippen molar-refractivity contribution < 1.29 is 26.9 Å². The van der Waals surface area contributed by atoms with E-state index in [2.05, 4.69) is 10.1 Å². The van der Waals surface area contributed by atoms with Crippen LogP contribution in [0.3, 0.4) is 0 Å². The number of rotatable bonds is 3. The average Bonchev–Trinajstić information content (AvgIpc) is 3.17. The number of hydrogen-bond donors (Lipinski definition) is 0. The molecule has 1 amide bonds. The number of halogens is 4. The molecule has 1 aliphatic heterocycles. The molecule has 150 valence electrons. The number of nitrogens with zero attached hydrogens (tertiary/aromatic N) is 3. The maximum absolute atomic E-state index is 13.9. The molecule has 2 heterocycles. The van der Waals surface area contributed by atoms with E-state index >= 15 is 0 Å². The molecule has 4 rings (SSSR count). The molecule has 0 saturated carbocycles. The van der Waals surface area contributed by atoms with Crippen LogP contribution in [0.25, 0.3) is 11.5 Å². The quantitative estimate of drug-likeness (QED) is 0.610. The zero-order valence-corrected chi connectivity index (χ0v) is 15.0. The minimum absolute atomic E-state index is 0.0257. The molecular weight excluding hydrogens is 390 g/mol. The summed E-state index contributed by atoms with van der Waals surface area (Å²) in [5, 5.41) is 3.87. The molecule has 5 nitrogen and oxygen atoms in total. The van der Waals surface area contributed by atoms with E-state index in [1.165, 1.54) is 11.0 Å². The van der Waals surface area contributed by atoms with Crippen LogP contribution >= 0.6 is 0 Å². The van der Waals surface area contributed by atoms with Crippen LogP contribution < -0.4 is 0 Å². The Hall–Kier alpha value is -3.23. The summed E-state index contributed by atoms with van der Waals surface area (Å²) in [5.41, 5.74) is -0.239. The number of aromatic nitrogens is 2. The molecule has 0 bridgehead atoms. The zero-order chi connectivity index (χ0) is 20.5. The highest BCUT2D eigenvalue weighted by molar-refractivity contribution is 5.94. The van der Waals surface area contributed by atoms with Gasteiger partial charge in [0.15, 0.2) is 5.82 Å². The van der Waals surface area contributed by atoms with Gasteiger partial charge in [-0.2, -0.15) is 4.98 Å². The molecule has 1 fully saturated rings. The van der Waals surface area contributed by atoms with Gasteiger partial charge in [0.05, 0.1) is 11.1 Å². The Labute approximate surface area is 162 Å². The van der Waals surface area contributed by atoms with Gasteiger partial charge in [0.25, 0.3) is 11.8 Å². The van der Waals surface area contributed by atoms with Gasteiger partial charge in [0.2, 0.25) is 0 Å². The van der Waals surface area contributed by atoms with Gasteiger partial charge in [0, 0.05) is 31.1 Å². The maximum atomic E-state index is 13.9. The van der Waals surface area contributed by atoms with Gasteiger partial charge in [-0.3, -0.25) is 4.79 Å². The van der Waals surface area contributed by atoms with Gasteiger partial charge in [-0.15, -0.1) is 0 Å². The van der Waals surface area contributed by atoms with Crippen LogP contribution in [0.1, 0.15) is 34.9 Å². The Balaban J connectivity index is 1.53. The first-order valence-corrected chi connectivity index (χ1v) is 8.95. The lowest BCUT2D eigenvalue weighted by Gasteiger charge is -2.31. The van der Waals surface area contributed by atoms with E-state index in [-0.39, 0.29) is 35.3 Å². The Morgan fingerprint density at radius 3 is 2.48 bits per heavy atom. The standard InChI is InChI=1S/C20H15F4N3O2/c21-12-3-5-14(16(23)8-12)19-25-18(26-29-19)11-2-1-7-27(10-11)20(28)15-6-4-13(22)9-17(15)24/h3-6,8-9,11H,1-2,7,10H2. The van der Waals surface area contributed by atoms with Crippen LogP contribution in [-0.2, 0) is 0 Å². The number of amides is 1. The topological polar surface area (TPSA) is 59.2 Å². The molecule has 0 spiro atoms. The molecule has 1 unspecified atom stereocenters. The summed E-state index contributed by atoms with van der Waals surface area (Å²) in [6, 6.07) is 5.81. The van der Waals surface area contributed by atoms with Gasteiger partial charge < -0.3 is 9.42 Å². The molecule has 1 saturated heterocycles. The van der Waals surface area contributed by atoms with Crippen LogP contribution in [0.5, 0.6) is 0 Å². The molecular formula is C20H15F4N3O2. The lowest BCUT2D eigenvalue weighted by molar-refractivity contribution is 0.0698. The summed E-state index contributed by atoms with van der Waals surface area (Å²) in [5.74, 6) is -3.90. The van der Waals surface area contributed by atoms with E-state index in [1.807, 2.05) is 0 Å². The Morgan fingerprint density at radius 1 is 1.03 bits per heavy atom.